The summed E-state index contributed by atoms with van der Waals surface area (Å²) in [5, 5.41) is 0. The average molecular weight is 661 g/mol. The zero-order chi connectivity index (χ0) is 32.8. The van der Waals surface area contributed by atoms with Crippen molar-refractivity contribution in [3.63, 3.8) is 0 Å². The fourth-order valence-corrected chi connectivity index (χ4v) is 6.85. The molecule has 0 amide bonds. The van der Waals surface area contributed by atoms with E-state index in [1.165, 1.54) is 180 Å². The van der Waals surface area contributed by atoms with E-state index in [0.717, 1.165) is 25.7 Å². The predicted molar refractivity (Wildman–Crippen MR) is 193 cm³/mol. The second kappa shape index (κ2) is 38.4. The minimum Gasteiger partial charge on any atom is -0.365 e. The van der Waals surface area contributed by atoms with Gasteiger partial charge < -0.3 is 9.22 Å². The van der Waals surface area contributed by atoms with Crippen molar-refractivity contribution in [3.05, 3.63) is 0 Å². The van der Waals surface area contributed by atoms with Gasteiger partial charge in [0.05, 0.1) is 13.2 Å². The molecule has 0 aromatic carbocycles. The monoisotopic (exact) mass is 661 g/mol. The molecule has 0 aromatic heterocycles. The molecule has 45 heavy (non-hydrogen) atoms. The molecule has 0 bridgehead atoms. The van der Waals surface area contributed by atoms with Crippen LogP contribution in [0.5, 0.6) is 0 Å². The van der Waals surface area contributed by atoms with Crippen molar-refractivity contribution in [2.24, 2.45) is 0 Å². The van der Waals surface area contributed by atoms with Crippen molar-refractivity contribution in [2.45, 2.75) is 226 Å². The zero-order valence-corrected chi connectivity index (χ0v) is 31.7. The molecule has 0 atom stereocenters. The molecule has 0 rings (SSSR count). The van der Waals surface area contributed by atoms with Gasteiger partial charge in [-0.15, -0.1) is 0 Å². The minimum absolute atomic E-state index is 0.271. The van der Waals surface area contributed by atoms with E-state index in [1.807, 2.05) is 0 Å². The number of unbranched alkanes of at least 4 members (excludes halogenated alkanes) is 30. The van der Waals surface area contributed by atoms with Crippen LogP contribution in [0.4, 0.5) is 0 Å². The summed E-state index contributed by atoms with van der Waals surface area (Å²) in [5.41, 5.74) is 0. The van der Waals surface area contributed by atoms with E-state index < -0.39 is 9.05 Å². The zero-order valence-electron chi connectivity index (χ0n) is 30.7. The van der Waals surface area contributed by atoms with Crippen molar-refractivity contribution in [2.75, 3.05) is 19.8 Å². The summed E-state index contributed by atoms with van der Waals surface area (Å²) in [6.07, 6.45) is 42.6. The number of rotatable bonds is 40. The Bertz CT molecular complexity index is 498. The van der Waals surface area contributed by atoms with Crippen LogP contribution >= 0.6 is 0 Å². The van der Waals surface area contributed by atoms with E-state index >= 15 is 0 Å². The maximum absolute atomic E-state index is 10.5. The molecule has 0 aromatic rings. The molecular weight excluding hydrogens is 580 g/mol. The topological polar surface area (TPSA) is 66.4 Å². The van der Waals surface area contributed by atoms with E-state index in [1.54, 1.807) is 6.92 Å². The second-order valence-corrected chi connectivity index (χ2v) is 15.0. The third kappa shape index (κ3) is 36.7. The first kappa shape index (κ1) is 45.0. The van der Waals surface area contributed by atoms with Crippen molar-refractivity contribution < 1.29 is 28.2 Å². The molecule has 7 heteroatoms. The lowest BCUT2D eigenvalue weighted by Gasteiger charge is -2.19. The molecule has 272 valence electrons. The Kier molecular flexibility index (Phi) is 38.4. The molecular formula is C38H80O6Si. The first-order chi connectivity index (χ1) is 22.2. The Morgan fingerprint density at radius 2 is 0.556 bits per heavy atom. The third-order valence-electron chi connectivity index (χ3n) is 8.82. The minimum atomic E-state index is -3.92. The SMILES string of the molecule is CCCCCCCCCCCCCCCCCCOO[Si](O)(OCC)OOCCCCCCCCCCCCCCCCCC. The summed E-state index contributed by atoms with van der Waals surface area (Å²) in [6, 6.07) is 0. The van der Waals surface area contributed by atoms with Crippen molar-refractivity contribution >= 4 is 9.05 Å². The quantitative estimate of drug-likeness (QED) is 0.0305. The molecule has 0 aliphatic rings. The molecule has 0 saturated carbocycles. The van der Waals surface area contributed by atoms with Gasteiger partial charge in [0.2, 0.25) is 0 Å². The van der Waals surface area contributed by atoms with Crippen LogP contribution in [0.3, 0.4) is 0 Å². The molecule has 0 unspecified atom stereocenters. The molecule has 0 saturated heterocycles. The van der Waals surface area contributed by atoms with E-state index in [-0.39, 0.29) is 6.61 Å². The summed E-state index contributed by atoms with van der Waals surface area (Å²) >= 11 is 0. The van der Waals surface area contributed by atoms with Crippen LogP contribution < -0.4 is 0 Å². The fourth-order valence-electron chi connectivity index (χ4n) is 5.89. The van der Waals surface area contributed by atoms with Gasteiger partial charge >= 0.3 is 9.05 Å². The molecule has 6 nitrogen and oxygen atoms in total. The Morgan fingerprint density at radius 3 is 0.778 bits per heavy atom. The van der Waals surface area contributed by atoms with Crippen LogP contribution in [0.15, 0.2) is 0 Å². The molecule has 0 heterocycles. The number of hydrogen-bond acceptors (Lipinski definition) is 6. The van der Waals surface area contributed by atoms with Crippen LogP contribution in [-0.2, 0) is 23.4 Å². The van der Waals surface area contributed by atoms with Gasteiger partial charge in [0.1, 0.15) is 0 Å². The van der Waals surface area contributed by atoms with E-state index in [0.29, 0.717) is 13.2 Å². The normalized spacial score (nSPS) is 12.0. The first-order valence-corrected chi connectivity index (χ1v) is 21.8. The highest BCUT2D eigenvalue weighted by molar-refractivity contribution is 6.51. The van der Waals surface area contributed by atoms with Gasteiger partial charge in [-0.2, -0.15) is 9.15 Å². The van der Waals surface area contributed by atoms with Crippen LogP contribution in [0.1, 0.15) is 226 Å². The Morgan fingerprint density at radius 1 is 0.333 bits per heavy atom. The highest BCUT2D eigenvalue weighted by atomic mass is 28.4. The summed E-state index contributed by atoms with van der Waals surface area (Å²) in [5.74, 6) is 0. The lowest BCUT2D eigenvalue weighted by Crippen LogP contribution is -2.46. The smallest absolute Gasteiger partial charge is 0.365 e. The van der Waals surface area contributed by atoms with Crippen molar-refractivity contribution in [1.29, 1.82) is 0 Å². The highest BCUT2D eigenvalue weighted by Crippen LogP contribution is 2.16. The molecule has 1 N–H and O–H groups in total. The van der Waals surface area contributed by atoms with Gasteiger partial charge in [0, 0.05) is 6.61 Å². The van der Waals surface area contributed by atoms with Crippen molar-refractivity contribution in [1.82, 2.24) is 0 Å². The maximum atomic E-state index is 10.5. The maximum Gasteiger partial charge on any atom is 0.733 e. The van der Waals surface area contributed by atoms with Gasteiger partial charge in [-0.25, -0.2) is 9.78 Å². The third-order valence-corrected chi connectivity index (χ3v) is 10.1. The Labute approximate surface area is 282 Å². The van der Waals surface area contributed by atoms with Crippen molar-refractivity contribution in [3.8, 4) is 0 Å². The average Bonchev–Trinajstić information content (AvgIpc) is 3.04. The summed E-state index contributed by atoms with van der Waals surface area (Å²) < 4.78 is 15.6. The largest absolute Gasteiger partial charge is 0.733 e. The predicted octanol–water partition coefficient (Wildman–Crippen LogP) is 12.9. The molecule has 0 radical (unpaired) electrons. The second-order valence-electron chi connectivity index (χ2n) is 13.4. The van der Waals surface area contributed by atoms with Gasteiger partial charge in [0.15, 0.2) is 0 Å². The summed E-state index contributed by atoms with van der Waals surface area (Å²) in [7, 11) is -3.92. The lowest BCUT2D eigenvalue weighted by atomic mass is 10.0. The summed E-state index contributed by atoms with van der Waals surface area (Å²) in [6.45, 7) is 7.47. The standard InChI is InChI=1S/C38H80O6Si/c1-4-7-9-11-13-15-17-19-21-23-25-27-29-31-33-35-37-40-43-45(39,42-6-3)44-41-38-36-34-32-30-28-26-24-22-20-18-16-14-12-10-8-5-2/h39H,4-38H2,1-3H3. The molecule has 0 aliphatic heterocycles. The van der Waals surface area contributed by atoms with Gasteiger partial charge in [0.25, 0.3) is 0 Å². The summed E-state index contributed by atoms with van der Waals surface area (Å²) in [4.78, 5) is 21.0. The van der Waals surface area contributed by atoms with Crippen LogP contribution in [0.25, 0.3) is 0 Å². The number of hydrogen-bond donors (Lipinski definition) is 1. The van der Waals surface area contributed by atoms with Gasteiger partial charge in [-0.1, -0.05) is 206 Å². The van der Waals surface area contributed by atoms with E-state index in [9.17, 15) is 4.80 Å². The lowest BCUT2D eigenvalue weighted by molar-refractivity contribution is -0.335. The van der Waals surface area contributed by atoms with Gasteiger partial charge in [-0.05, 0) is 19.8 Å². The Hall–Kier alpha value is -0.0231. The Balaban J connectivity index is 3.46. The van der Waals surface area contributed by atoms with E-state index in [4.69, 9.17) is 23.4 Å². The van der Waals surface area contributed by atoms with Crippen LogP contribution in [0, 0.1) is 0 Å². The van der Waals surface area contributed by atoms with Crippen LogP contribution in [-0.4, -0.2) is 33.7 Å². The molecule has 0 fully saturated rings. The molecule has 0 aliphatic carbocycles. The highest BCUT2D eigenvalue weighted by Gasteiger charge is 2.45. The van der Waals surface area contributed by atoms with Gasteiger partial charge in [-0.3, -0.25) is 0 Å². The molecule has 0 spiro atoms. The van der Waals surface area contributed by atoms with Crippen LogP contribution in [0.2, 0.25) is 0 Å². The fraction of sp³-hybridized carbons (Fsp3) is 1.00. The van der Waals surface area contributed by atoms with E-state index in [2.05, 4.69) is 13.8 Å². The first-order valence-electron chi connectivity index (χ1n) is 20.2.